The second-order valence-corrected chi connectivity index (χ2v) is 7.36. The quantitative estimate of drug-likeness (QED) is 0.821. The van der Waals surface area contributed by atoms with Crippen LogP contribution in [0.25, 0.3) is 0 Å². The number of amides is 2. The maximum Gasteiger partial charge on any atom is 0.257 e. The van der Waals surface area contributed by atoms with E-state index in [-0.39, 0.29) is 24.2 Å². The Morgan fingerprint density at radius 2 is 1.44 bits per heavy atom. The molecule has 8 heteroatoms. The zero-order valence-corrected chi connectivity index (χ0v) is 16.2. The Morgan fingerprint density at radius 1 is 0.960 bits per heavy atom. The number of carbonyl (C=O) groups is 2. The van der Waals surface area contributed by atoms with Gasteiger partial charge < -0.3 is 15.5 Å². The average Bonchev–Trinajstić information content (AvgIpc) is 3.02. The monoisotopic (exact) mass is 405 g/mol. The van der Waals surface area contributed by atoms with Crippen molar-refractivity contribution in [1.29, 1.82) is 0 Å². The number of piperazine rings is 1. The van der Waals surface area contributed by atoms with Crippen molar-refractivity contribution >= 4 is 47.4 Å². The Labute approximate surface area is 163 Å². The van der Waals surface area contributed by atoms with Gasteiger partial charge in [-0.2, -0.15) is 0 Å². The lowest BCUT2D eigenvalue weighted by Crippen LogP contribution is -2.59. The highest BCUT2D eigenvalue weighted by Crippen LogP contribution is 2.30. The summed E-state index contributed by atoms with van der Waals surface area (Å²) in [4.78, 5) is 28.8. The van der Waals surface area contributed by atoms with E-state index in [9.17, 15) is 9.59 Å². The summed E-state index contributed by atoms with van der Waals surface area (Å²) in [6.07, 6.45) is 3.51. The van der Waals surface area contributed by atoms with Gasteiger partial charge in [0.2, 0.25) is 5.91 Å². The smallest absolute Gasteiger partial charge is 0.257 e. The Hall–Kier alpha value is -1.01. The molecule has 1 aromatic rings. The molecule has 0 spiro atoms. The Bertz CT molecular complexity index is 634. The number of carbonyl (C=O) groups excluding carboxylic acids is 2. The van der Waals surface area contributed by atoms with Gasteiger partial charge in [0.15, 0.2) is 0 Å². The van der Waals surface area contributed by atoms with Gasteiger partial charge in [-0.25, -0.2) is 0 Å². The molecule has 1 saturated heterocycles. The predicted molar refractivity (Wildman–Crippen MR) is 102 cm³/mol. The summed E-state index contributed by atoms with van der Waals surface area (Å²) in [5.74, 6) is -0.177. The van der Waals surface area contributed by atoms with Gasteiger partial charge in [-0.3, -0.25) is 9.59 Å². The highest BCUT2D eigenvalue weighted by atomic mass is 35.5. The molecular formula is C17H22Cl3N3O2. The highest BCUT2D eigenvalue weighted by Gasteiger charge is 2.41. The summed E-state index contributed by atoms with van der Waals surface area (Å²) >= 11 is 12.2. The highest BCUT2D eigenvalue weighted by molar-refractivity contribution is 6.39. The third-order valence-corrected chi connectivity index (χ3v) is 5.58. The van der Waals surface area contributed by atoms with Crippen LogP contribution in [0.4, 0.5) is 0 Å². The topological polar surface area (TPSA) is 66.6 Å². The Morgan fingerprint density at radius 3 is 1.96 bits per heavy atom. The fraction of sp³-hybridized carbons (Fsp3) is 0.529. The first-order valence-electron chi connectivity index (χ1n) is 8.24. The minimum absolute atomic E-state index is 0. The lowest BCUT2D eigenvalue weighted by molar-refractivity contribution is -0.138. The molecule has 0 aromatic heterocycles. The molecule has 1 aliphatic carbocycles. The second kappa shape index (κ2) is 8.12. The van der Waals surface area contributed by atoms with Crippen LogP contribution in [0.5, 0.6) is 0 Å². The summed E-state index contributed by atoms with van der Waals surface area (Å²) in [6.45, 7) is 1.90. The van der Waals surface area contributed by atoms with Crippen LogP contribution in [0.15, 0.2) is 18.2 Å². The molecule has 0 unspecified atom stereocenters. The summed E-state index contributed by atoms with van der Waals surface area (Å²) in [6, 6.07) is 5.01. The minimum Gasteiger partial charge on any atom is -0.338 e. The summed E-state index contributed by atoms with van der Waals surface area (Å²) in [5, 5.41) is 0.691. The number of hydrogen-bond acceptors (Lipinski definition) is 3. The van der Waals surface area contributed by atoms with Crippen molar-refractivity contribution in [2.45, 2.75) is 31.2 Å². The third-order valence-electron chi connectivity index (χ3n) is 4.95. The molecule has 1 heterocycles. The molecule has 2 aliphatic rings. The van der Waals surface area contributed by atoms with Crippen LogP contribution in [-0.4, -0.2) is 53.3 Å². The zero-order chi connectivity index (χ0) is 17.3. The normalized spacial score (nSPS) is 19.5. The van der Waals surface area contributed by atoms with Crippen LogP contribution < -0.4 is 5.73 Å². The van der Waals surface area contributed by atoms with Gasteiger partial charge in [0.1, 0.15) is 0 Å². The average molecular weight is 407 g/mol. The van der Waals surface area contributed by atoms with Crippen molar-refractivity contribution in [3.8, 4) is 0 Å². The SMILES string of the molecule is Cl.NC1(C(=O)N2CCN(C(=O)c3c(Cl)cccc3Cl)CC2)CCCC1. The van der Waals surface area contributed by atoms with E-state index in [1.165, 1.54) is 0 Å². The molecule has 3 rings (SSSR count). The van der Waals surface area contributed by atoms with Crippen molar-refractivity contribution in [3.05, 3.63) is 33.8 Å². The molecule has 2 amide bonds. The first-order chi connectivity index (χ1) is 11.4. The van der Waals surface area contributed by atoms with Crippen LogP contribution in [0.3, 0.4) is 0 Å². The zero-order valence-electron chi connectivity index (χ0n) is 13.8. The van der Waals surface area contributed by atoms with Crippen LogP contribution in [-0.2, 0) is 4.79 Å². The molecule has 5 nitrogen and oxygen atoms in total. The number of halogens is 3. The molecule has 2 fully saturated rings. The molecule has 0 atom stereocenters. The Kier molecular flexibility index (Phi) is 6.60. The maximum absolute atomic E-state index is 12.7. The molecule has 1 aliphatic heterocycles. The molecule has 1 saturated carbocycles. The molecule has 25 heavy (non-hydrogen) atoms. The number of nitrogens with zero attached hydrogens (tertiary/aromatic N) is 2. The summed E-state index contributed by atoms with van der Waals surface area (Å²) in [5.41, 5.74) is 5.87. The van der Waals surface area contributed by atoms with Crippen LogP contribution in [0.1, 0.15) is 36.0 Å². The fourth-order valence-corrected chi connectivity index (χ4v) is 4.07. The van der Waals surface area contributed by atoms with E-state index in [1.807, 2.05) is 0 Å². The number of hydrogen-bond donors (Lipinski definition) is 1. The number of rotatable bonds is 2. The third kappa shape index (κ3) is 4.05. The second-order valence-electron chi connectivity index (χ2n) is 6.54. The summed E-state index contributed by atoms with van der Waals surface area (Å²) < 4.78 is 0. The number of benzene rings is 1. The van der Waals surface area contributed by atoms with E-state index in [1.54, 1.807) is 28.0 Å². The van der Waals surface area contributed by atoms with E-state index in [2.05, 4.69) is 0 Å². The standard InChI is InChI=1S/C17H21Cl2N3O2.ClH/c18-12-4-3-5-13(19)14(12)15(23)21-8-10-22(11-9-21)16(24)17(20)6-1-2-7-17;/h3-5H,1-2,6-11,20H2;1H. The van der Waals surface area contributed by atoms with Crippen molar-refractivity contribution in [3.63, 3.8) is 0 Å². The van der Waals surface area contributed by atoms with E-state index in [0.29, 0.717) is 41.8 Å². The van der Waals surface area contributed by atoms with Crippen molar-refractivity contribution in [2.75, 3.05) is 26.2 Å². The van der Waals surface area contributed by atoms with Gasteiger partial charge in [-0.05, 0) is 25.0 Å². The molecular weight excluding hydrogens is 385 g/mol. The van der Waals surface area contributed by atoms with E-state index >= 15 is 0 Å². The van der Waals surface area contributed by atoms with Crippen LogP contribution in [0, 0.1) is 0 Å². The van der Waals surface area contributed by atoms with Gasteiger partial charge in [-0.1, -0.05) is 42.1 Å². The first kappa shape index (κ1) is 20.3. The molecule has 2 N–H and O–H groups in total. The van der Waals surface area contributed by atoms with E-state index in [0.717, 1.165) is 25.7 Å². The van der Waals surface area contributed by atoms with Crippen LogP contribution in [0.2, 0.25) is 10.0 Å². The van der Waals surface area contributed by atoms with Crippen molar-refractivity contribution < 1.29 is 9.59 Å². The maximum atomic E-state index is 12.7. The lowest BCUT2D eigenvalue weighted by atomic mass is 9.97. The molecule has 138 valence electrons. The van der Waals surface area contributed by atoms with Crippen molar-refractivity contribution in [2.24, 2.45) is 5.73 Å². The van der Waals surface area contributed by atoms with Crippen LogP contribution >= 0.6 is 35.6 Å². The number of nitrogens with two attached hydrogens (primary N) is 1. The van der Waals surface area contributed by atoms with Gasteiger partial charge in [0, 0.05) is 26.2 Å². The van der Waals surface area contributed by atoms with Gasteiger partial charge in [-0.15, -0.1) is 12.4 Å². The lowest BCUT2D eigenvalue weighted by Gasteiger charge is -2.38. The van der Waals surface area contributed by atoms with Gasteiger partial charge >= 0.3 is 0 Å². The predicted octanol–water partition coefficient (Wildman–Crippen LogP) is 2.97. The first-order valence-corrected chi connectivity index (χ1v) is 8.99. The van der Waals surface area contributed by atoms with Crippen molar-refractivity contribution in [1.82, 2.24) is 9.80 Å². The van der Waals surface area contributed by atoms with E-state index < -0.39 is 5.54 Å². The Balaban J connectivity index is 0.00000225. The molecule has 0 bridgehead atoms. The van der Waals surface area contributed by atoms with E-state index in [4.69, 9.17) is 28.9 Å². The molecule has 1 aromatic carbocycles. The van der Waals surface area contributed by atoms with Gasteiger partial charge in [0.05, 0.1) is 21.1 Å². The minimum atomic E-state index is -0.710. The summed E-state index contributed by atoms with van der Waals surface area (Å²) in [7, 11) is 0. The van der Waals surface area contributed by atoms with Gasteiger partial charge in [0.25, 0.3) is 5.91 Å². The fourth-order valence-electron chi connectivity index (χ4n) is 3.51. The largest absolute Gasteiger partial charge is 0.338 e. The molecule has 0 radical (unpaired) electrons.